The first-order chi connectivity index (χ1) is 7.78. The maximum atomic E-state index is 8.73. The number of rotatable bonds is 2. The molecule has 0 radical (unpaired) electrons. The number of allylic oxidation sites excluding steroid dienone is 3. The van der Waals surface area contributed by atoms with Crippen LogP contribution in [0.15, 0.2) is 36.3 Å². The molecule has 1 aliphatic carbocycles. The molecule has 2 rings (SSSR count). The smallest absolute Gasteiger partial charge is 0.133 e. The van der Waals surface area contributed by atoms with Crippen LogP contribution >= 0.6 is 0 Å². The molecule has 1 aromatic heterocycles. The third kappa shape index (κ3) is 2.45. The van der Waals surface area contributed by atoms with Gasteiger partial charge in [0.25, 0.3) is 0 Å². The van der Waals surface area contributed by atoms with E-state index in [1.165, 1.54) is 6.33 Å². The van der Waals surface area contributed by atoms with Gasteiger partial charge in [0.05, 0.1) is 12.0 Å². The highest BCUT2D eigenvalue weighted by atomic mass is 15.0. The third-order valence-electron chi connectivity index (χ3n) is 2.34. The van der Waals surface area contributed by atoms with Gasteiger partial charge in [-0.25, -0.2) is 9.97 Å². The molecule has 1 aromatic rings. The highest BCUT2D eigenvalue weighted by molar-refractivity contribution is 5.46. The largest absolute Gasteiger partial charge is 0.340 e. The summed E-state index contributed by atoms with van der Waals surface area (Å²) in [6.07, 6.45) is 8.10. The fraction of sp³-hybridized carbons (Fsp3) is 0.250. The zero-order valence-corrected chi connectivity index (χ0v) is 9.01. The van der Waals surface area contributed by atoms with Gasteiger partial charge in [-0.3, -0.25) is 0 Å². The van der Waals surface area contributed by atoms with Crippen molar-refractivity contribution >= 4 is 5.82 Å². The van der Waals surface area contributed by atoms with Gasteiger partial charge in [-0.05, 0) is 19.4 Å². The second kappa shape index (κ2) is 4.58. The molecule has 80 valence electrons. The fourth-order valence-corrected chi connectivity index (χ4v) is 1.48. The summed E-state index contributed by atoms with van der Waals surface area (Å²) in [4.78, 5) is 8.14. The first kappa shape index (κ1) is 10.4. The first-order valence-corrected chi connectivity index (χ1v) is 5.11. The van der Waals surface area contributed by atoms with E-state index in [0.717, 1.165) is 23.6 Å². The van der Waals surface area contributed by atoms with Crippen LogP contribution in [0.25, 0.3) is 0 Å². The molecule has 0 spiro atoms. The summed E-state index contributed by atoms with van der Waals surface area (Å²) in [5.74, 6) is 0.775. The Bertz CT molecular complexity index is 482. The van der Waals surface area contributed by atoms with Crippen LogP contribution in [-0.4, -0.2) is 9.97 Å². The van der Waals surface area contributed by atoms with E-state index >= 15 is 0 Å². The average molecular weight is 212 g/mol. The van der Waals surface area contributed by atoms with Crippen molar-refractivity contribution in [2.24, 2.45) is 5.92 Å². The molecule has 16 heavy (non-hydrogen) atoms. The van der Waals surface area contributed by atoms with Gasteiger partial charge in [-0.15, -0.1) is 0 Å². The number of aromatic nitrogens is 2. The van der Waals surface area contributed by atoms with E-state index in [1.807, 2.05) is 31.2 Å². The number of nitriles is 1. The van der Waals surface area contributed by atoms with Gasteiger partial charge in [-0.1, -0.05) is 12.2 Å². The van der Waals surface area contributed by atoms with Crippen LogP contribution in [0.3, 0.4) is 0 Å². The van der Waals surface area contributed by atoms with Gasteiger partial charge in [-0.2, -0.15) is 5.26 Å². The number of hydrogen-bond donors (Lipinski definition) is 1. The molecule has 0 bridgehead atoms. The van der Waals surface area contributed by atoms with Gasteiger partial charge in [0, 0.05) is 17.5 Å². The Kier molecular flexibility index (Phi) is 2.97. The Morgan fingerprint density at radius 2 is 2.38 bits per heavy atom. The molecule has 0 saturated heterocycles. The molecule has 1 heterocycles. The molecule has 1 N–H and O–H groups in total. The minimum Gasteiger partial charge on any atom is -0.340 e. The normalized spacial score (nSPS) is 18.8. The number of nitrogens with one attached hydrogen (secondary N) is 1. The zero-order chi connectivity index (χ0) is 11.4. The summed E-state index contributed by atoms with van der Waals surface area (Å²) in [6, 6.07) is 4.09. The van der Waals surface area contributed by atoms with Crippen LogP contribution < -0.4 is 5.32 Å². The average Bonchev–Trinajstić information content (AvgIpc) is 2.30. The van der Waals surface area contributed by atoms with Crippen molar-refractivity contribution in [1.29, 1.82) is 5.26 Å². The summed E-state index contributed by atoms with van der Waals surface area (Å²) in [5, 5.41) is 11.9. The SMILES string of the molecule is Cc1cc(NC2=CCC(C#N)C=C2)ncn1. The standard InChI is InChI=1S/C12H12N4/c1-9-6-12(15-8-14-9)16-11-4-2-10(7-13)3-5-11/h2,4-6,8,10H,3H2,1H3,(H,14,15,16). The molecule has 1 aliphatic rings. The van der Waals surface area contributed by atoms with E-state index < -0.39 is 0 Å². The zero-order valence-electron chi connectivity index (χ0n) is 9.01. The van der Waals surface area contributed by atoms with Crippen LogP contribution in [0.4, 0.5) is 5.82 Å². The Morgan fingerprint density at radius 1 is 1.50 bits per heavy atom. The lowest BCUT2D eigenvalue weighted by molar-refractivity contribution is 0.829. The maximum Gasteiger partial charge on any atom is 0.133 e. The third-order valence-corrected chi connectivity index (χ3v) is 2.34. The van der Waals surface area contributed by atoms with Crippen molar-refractivity contribution in [2.75, 3.05) is 5.32 Å². The van der Waals surface area contributed by atoms with Gasteiger partial charge in [0.1, 0.15) is 12.1 Å². The van der Waals surface area contributed by atoms with E-state index in [-0.39, 0.29) is 5.92 Å². The highest BCUT2D eigenvalue weighted by Gasteiger charge is 2.07. The maximum absolute atomic E-state index is 8.73. The van der Waals surface area contributed by atoms with Crippen molar-refractivity contribution in [3.05, 3.63) is 42.0 Å². The topological polar surface area (TPSA) is 61.6 Å². The fourth-order valence-electron chi connectivity index (χ4n) is 1.48. The van der Waals surface area contributed by atoms with E-state index in [9.17, 15) is 0 Å². The van der Waals surface area contributed by atoms with E-state index in [0.29, 0.717) is 0 Å². The summed E-state index contributed by atoms with van der Waals surface area (Å²) in [5.41, 5.74) is 1.90. The van der Waals surface area contributed by atoms with Crippen molar-refractivity contribution in [2.45, 2.75) is 13.3 Å². The molecule has 1 unspecified atom stereocenters. The van der Waals surface area contributed by atoms with Crippen LogP contribution in [0.2, 0.25) is 0 Å². The lowest BCUT2D eigenvalue weighted by atomic mass is 10.0. The Hall–Kier alpha value is -2.15. The molecule has 0 aromatic carbocycles. The predicted molar refractivity (Wildman–Crippen MR) is 61.3 cm³/mol. The van der Waals surface area contributed by atoms with Crippen molar-refractivity contribution in [3.63, 3.8) is 0 Å². The molecule has 0 amide bonds. The molecular formula is C12H12N4. The lowest BCUT2D eigenvalue weighted by Gasteiger charge is -2.11. The predicted octanol–water partition coefficient (Wildman–Crippen LogP) is 2.18. The monoisotopic (exact) mass is 212 g/mol. The number of hydrogen-bond acceptors (Lipinski definition) is 4. The second-order valence-electron chi connectivity index (χ2n) is 3.66. The highest BCUT2D eigenvalue weighted by Crippen LogP contribution is 2.17. The number of anilines is 1. The summed E-state index contributed by atoms with van der Waals surface area (Å²) >= 11 is 0. The molecule has 4 nitrogen and oxygen atoms in total. The Labute approximate surface area is 94.3 Å². The van der Waals surface area contributed by atoms with Gasteiger partial charge in [0.2, 0.25) is 0 Å². The van der Waals surface area contributed by atoms with Crippen molar-refractivity contribution in [1.82, 2.24) is 9.97 Å². The second-order valence-corrected chi connectivity index (χ2v) is 3.66. The quantitative estimate of drug-likeness (QED) is 0.816. The van der Waals surface area contributed by atoms with E-state index in [2.05, 4.69) is 21.4 Å². The molecule has 0 saturated carbocycles. The van der Waals surface area contributed by atoms with Crippen molar-refractivity contribution < 1.29 is 0 Å². The van der Waals surface area contributed by atoms with Gasteiger partial charge >= 0.3 is 0 Å². The van der Waals surface area contributed by atoms with Gasteiger partial charge < -0.3 is 5.32 Å². The molecule has 0 fully saturated rings. The van der Waals surface area contributed by atoms with Crippen LogP contribution in [0, 0.1) is 24.2 Å². The lowest BCUT2D eigenvalue weighted by Crippen LogP contribution is -2.05. The molecule has 0 aliphatic heterocycles. The number of aryl methyl sites for hydroxylation is 1. The van der Waals surface area contributed by atoms with Crippen LogP contribution in [0.5, 0.6) is 0 Å². The summed E-state index contributed by atoms with van der Waals surface area (Å²) in [6.45, 7) is 1.92. The molecule has 1 atom stereocenters. The van der Waals surface area contributed by atoms with Crippen LogP contribution in [0.1, 0.15) is 12.1 Å². The number of nitrogens with zero attached hydrogens (tertiary/aromatic N) is 3. The van der Waals surface area contributed by atoms with E-state index in [1.54, 1.807) is 0 Å². The first-order valence-electron chi connectivity index (χ1n) is 5.11. The van der Waals surface area contributed by atoms with Crippen molar-refractivity contribution in [3.8, 4) is 6.07 Å². The van der Waals surface area contributed by atoms with Gasteiger partial charge in [0.15, 0.2) is 0 Å². The summed E-state index contributed by atoms with van der Waals surface area (Å²) in [7, 11) is 0. The minimum atomic E-state index is -0.00214. The molecular weight excluding hydrogens is 200 g/mol. The molecule has 4 heteroatoms. The Balaban J connectivity index is 2.05. The summed E-state index contributed by atoms with van der Waals surface area (Å²) < 4.78 is 0. The Morgan fingerprint density at radius 3 is 3.00 bits per heavy atom. The minimum absolute atomic E-state index is 0.00214. The van der Waals surface area contributed by atoms with Crippen LogP contribution in [-0.2, 0) is 0 Å². The van der Waals surface area contributed by atoms with E-state index in [4.69, 9.17) is 5.26 Å².